The Morgan fingerprint density at radius 2 is 1.00 bits per heavy atom. The van der Waals surface area contributed by atoms with E-state index in [1.807, 2.05) is 48.5 Å². The molecule has 0 spiro atoms. The molecule has 0 unspecified atom stereocenters. The predicted molar refractivity (Wildman–Crippen MR) is 173 cm³/mol. The van der Waals surface area contributed by atoms with E-state index in [1.165, 1.54) is 0 Å². The highest BCUT2D eigenvalue weighted by Crippen LogP contribution is 2.24. The summed E-state index contributed by atoms with van der Waals surface area (Å²) in [4.78, 5) is 32.2. The first-order valence-corrected chi connectivity index (χ1v) is 16.7. The number of carbonyl (C=O) groups excluding carboxylic acids is 2. The molecule has 2 aromatic carbocycles. The Morgan fingerprint density at radius 1 is 0.636 bits per heavy atom. The largest absolute Gasteiger partial charge is 0.494 e. The zero-order valence-corrected chi connectivity index (χ0v) is 26.8. The van der Waals surface area contributed by atoms with Crippen molar-refractivity contribution in [3.8, 4) is 11.5 Å². The highest BCUT2D eigenvalue weighted by Gasteiger charge is 2.26. The average molecular weight is 609 g/mol. The summed E-state index contributed by atoms with van der Waals surface area (Å²) in [6.45, 7) is 13.2. The summed E-state index contributed by atoms with van der Waals surface area (Å²) >= 11 is 0. The van der Waals surface area contributed by atoms with E-state index in [4.69, 9.17) is 18.9 Å². The number of hydrogen-bond donors (Lipinski definition) is 0. The highest BCUT2D eigenvalue weighted by atomic mass is 16.5. The van der Waals surface area contributed by atoms with Gasteiger partial charge >= 0.3 is 0 Å². The number of Topliss-reactive ketones (excluding diaryl/α,β-unsaturated/α-hetero) is 2. The van der Waals surface area contributed by atoms with Crippen LogP contribution in [0.5, 0.6) is 11.5 Å². The van der Waals surface area contributed by atoms with E-state index in [0.717, 1.165) is 100 Å². The topological polar surface area (TPSA) is 77.5 Å². The van der Waals surface area contributed by atoms with Gasteiger partial charge in [0.25, 0.3) is 0 Å². The molecule has 0 aromatic heterocycles. The quantitative estimate of drug-likeness (QED) is 0.147. The van der Waals surface area contributed by atoms with Crippen LogP contribution >= 0.6 is 0 Å². The van der Waals surface area contributed by atoms with Crippen molar-refractivity contribution in [3.05, 3.63) is 59.7 Å². The van der Waals surface area contributed by atoms with Gasteiger partial charge in [0.05, 0.1) is 39.6 Å². The second-order valence-electron chi connectivity index (χ2n) is 12.0. The lowest BCUT2D eigenvalue weighted by molar-refractivity contribution is 0.0283. The smallest absolute Gasteiger partial charge is 0.167 e. The van der Waals surface area contributed by atoms with E-state index >= 15 is 0 Å². The zero-order chi connectivity index (χ0) is 31.0. The third-order valence-corrected chi connectivity index (χ3v) is 8.48. The number of carbonyl (C=O) groups is 2. The lowest BCUT2D eigenvalue weighted by Gasteiger charge is -2.31. The summed E-state index contributed by atoms with van der Waals surface area (Å²) in [5, 5.41) is 0. The summed E-state index contributed by atoms with van der Waals surface area (Å²) < 4.78 is 22.5. The monoisotopic (exact) mass is 608 g/mol. The van der Waals surface area contributed by atoms with Crippen LogP contribution in [0, 0.1) is 11.8 Å². The van der Waals surface area contributed by atoms with Crippen LogP contribution in [-0.2, 0) is 9.47 Å². The number of nitrogens with zero attached hydrogens (tertiary/aromatic N) is 2. The highest BCUT2D eigenvalue weighted by molar-refractivity contribution is 5.98. The van der Waals surface area contributed by atoms with Crippen molar-refractivity contribution < 1.29 is 28.5 Å². The second-order valence-corrected chi connectivity index (χ2v) is 12.0. The standard InChI is InChI=1S/C36H52N2O6/c1-3-21-43-33-13-9-29(10-14-33)35(39)31(27-37-17-23-41-24-18-37)7-5-6-8-32(28-38-19-25-42-26-20-38)36(40)30-11-15-34(16-12-30)44-22-4-2/h9-16,31-32H,3-8,17-28H2,1-2H3/t31-,32+. The Labute approximate surface area is 264 Å². The molecule has 242 valence electrons. The second kappa shape index (κ2) is 18.9. The fourth-order valence-corrected chi connectivity index (χ4v) is 5.92. The van der Waals surface area contributed by atoms with Gasteiger partial charge in [-0.3, -0.25) is 19.4 Å². The molecule has 2 aliphatic heterocycles. The summed E-state index contributed by atoms with van der Waals surface area (Å²) in [5.74, 6) is 1.77. The summed E-state index contributed by atoms with van der Waals surface area (Å²) in [5.41, 5.74) is 1.47. The molecule has 2 aromatic rings. The Bertz CT molecular complexity index is 1020. The molecule has 8 nitrogen and oxygen atoms in total. The zero-order valence-electron chi connectivity index (χ0n) is 26.8. The van der Waals surface area contributed by atoms with Crippen LogP contribution in [0.15, 0.2) is 48.5 Å². The number of ketones is 2. The summed E-state index contributed by atoms with van der Waals surface area (Å²) in [7, 11) is 0. The van der Waals surface area contributed by atoms with Gasteiger partial charge < -0.3 is 18.9 Å². The third-order valence-electron chi connectivity index (χ3n) is 8.48. The molecule has 0 bridgehead atoms. The first kappa shape index (κ1) is 34.1. The van der Waals surface area contributed by atoms with Gasteiger partial charge in [-0.25, -0.2) is 0 Å². The van der Waals surface area contributed by atoms with E-state index in [1.54, 1.807) is 0 Å². The van der Waals surface area contributed by atoms with Crippen molar-refractivity contribution >= 4 is 11.6 Å². The van der Waals surface area contributed by atoms with Crippen molar-refractivity contribution in [1.29, 1.82) is 0 Å². The molecule has 0 amide bonds. The van der Waals surface area contributed by atoms with Gasteiger partial charge in [0.1, 0.15) is 11.5 Å². The molecule has 2 fully saturated rings. The summed E-state index contributed by atoms with van der Waals surface area (Å²) in [6.07, 6.45) is 5.28. The molecule has 0 radical (unpaired) electrons. The van der Waals surface area contributed by atoms with Crippen LogP contribution in [0.2, 0.25) is 0 Å². The Hall–Kier alpha value is -2.78. The molecular weight excluding hydrogens is 556 g/mol. The SMILES string of the molecule is CCCOc1ccc(C(=O)[C@H](CCCC[C@@H](CN2CCOCC2)C(=O)c2ccc(OCCC)cc2)CN2CCOCC2)cc1. The molecule has 2 saturated heterocycles. The number of morpholine rings is 2. The molecule has 0 aliphatic carbocycles. The van der Waals surface area contributed by atoms with Crippen molar-refractivity contribution in [2.45, 2.75) is 52.4 Å². The van der Waals surface area contributed by atoms with Crippen LogP contribution in [0.3, 0.4) is 0 Å². The summed E-state index contributed by atoms with van der Waals surface area (Å²) in [6, 6.07) is 15.2. The molecule has 8 heteroatoms. The fourth-order valence-electron chi connectivity index (χ4n) is 5.92. The van der Waals surface area contributed by atoms with Crippen molar-refractivity contribution in [3.63, 3.8) is 0 Å². The van der Waals surface area contributed by atoms with Crippen molar-refractivity contribution in [2.24, 2.45) is 11.8 Å². The van der Waals surface area contributed by atoms with Crippen LogP contribution in [0.1, 0.15) is 73.1 Å². The minimum atomic E-state index is -0.0976. The van der Waals surface area contributed by atoms with Crippen LogP contribution in [0.25, 0.3) is 0 Å². The fraction of sp³-hybridized carbons (Fsp3) is 0.611. The maximum Gasteiger partial charge on any atom is 0.167 e. The van der Waals surface area contributed by atoms with Crippen LogP contribution < -0.4 is 9.47 Å². The third kappa shape index (κ3) is 11.0. The predicted octanol–water partition coefficient (Wildman–Crippen LogP) is 5.79. The van der Waals surface area contributed by atoms with Gasteiger partial charge in [-0.05, 0) is 74.2 Å². The molecule has 0 saturated carbocycles. The molecular formula is C36H52N2O6. The van der Waals surface area contributed by atoms with E-state index in [9.17, 15) is 9.59 Å². The first-order chi connectivity index (χ1) is 21.6. The molecule has 44 heavy (non-hydrogen) atoms. The minimum Gasteiger partial charge on any atom is -0.494 e. The van der Waals surface area contributed by atoms with Crippen molar-refractivity contribution in [1.82, 2.24) is 9.80 Å². The van der Waals surface area contributed by atoms with Gasteiger partial charge in [0.2, 0.25) is 0 Å². The van der Waals surface area contributed by atoms with Gasteiger partial charge in [-0.2, -0.15) is 0 Å². The van der Waals surface area contributed by atoms with E-state index < -0.39 is 0 Å². The molecule has 2 atom stereocenters. The van der Waals surface area contributed by atoms with Gasteiger partial charge in [0, 0.05) is 62.2 Å². The number of rotatable bonds is 19. The number of unbranched alkanes of at least 4 members (excludes halogenated alkanes) is 1. The first-order valence-electron chi connectivity index (χ1n) is 16.7. The van der Waals surface area contributed by atoms with E-state index in [0.29, 0.717) is 39.6 Å². The number of hydrogen-bond acceptors (Lipinski definition) is 8. The maximum atomic E-state index is 13.7. The Kier molecular flexibility index (Phi) is 14.6. The Morgan fingerprint density at radius 3 is 1.34 bits per heavy atom. The van der Waals surface area contributed by atoms with E-state index in [-0.39, 0.29) is 23.4 Å². The molecule has 2 heterocycles. The number of ether oxygens (including phenoxy) is 4. The van der Waals surface area contributed by atoms with Gasteiger partial charge in [-0.15, -0.1) is 0 Å². The minimum absolute atomic E-state index is 0.0976. The van der Waals surface area contributed by atoms with Crippen molar-refractivity contribution in [2.75, 3.05) is 78.9 Å². The Balaban J connectivity index is 1.38. The van der Waals surface area contributed by atoms with Gasteiger partial charge in [0.15, 0.2) is 11.6 Å². The lowest BCUT2D eigenvalue weighted by Crippen LogP contribution is -2.41. The average Bonchev–Trinajstić information content (AvgIpc) is 3.08. The van der Waals surface area contributed by atoms with Crippen LogP contribution in [0.4, 0.5) is 0 Å². The van der Waals surface area contributed by atoms with Crippen LogP contribution in [-0.4, -0.2) is 100 Å². The molecule has 4 rings (SSSR count). The maximum absolute atomic E-state index is 13.7. The van der Waals surface area contributed by atoms with Gasteiger partial charge in [-0.1, -0.05) is 26.7 Å². The molecule has 2 aliphatic rings. The number of benzene rings is 2. The normalized spacial score (nSPS) is 17.6. The molecule has 0 N–H and O–H groups in total. The van der Waals surface area contributed by atoms with E-state index in [2.05, 4.69) is 23.6 Å². The lowest BCUT2D eigenvalue weighted by atomic mass is 9.88.